The molecule has 1 aliphatic rings. The number of hydrogen-bond donors (Lipinski definition) is 2. The maximum absolute atomic E-state index is 12.3. The molecule has 0 saturated carbocycles. The van der Waals surface area contributed by atoms with Gasteiger partial charge in [0.1, 0.15) is 5.78 Å². The number of hydrogen-bond acceptors (Lipinski definition) is 5. The fourth-order valence-corrected chi connectivity index (χ4v) is 3.19. The number of thioether (sulfide) groups is 1. The Morgan fingerprint density at radius 3 is 2.56 bits per heavy atom. The average Bonchev–Trinajstić information content (AvgIpc) is 2.87. The highest BCUT2D eigenvalue weighted by molar-refractivity contribution is 8.00. The van der Waals surface area contributed by atoms with Gasteiger partial charge in [0.2, 0.25) is 0 Å². The molecule has 25 heavy (non-hydrogen) atoms. The number of ether oxygens (including phenoxy) is 1. The summed E-state index contributed by atoms with van der Waals surface area (Å²) in [5, 5.41) is 3.60. The van der Waals surface area contributed by atoms with E-state index >= 15 is 0 Å². The van der Waals surface area contributed by atoms with Crippen molar-refractivity contribution in [3.8, 4) is 16.9 Å². The van der Waals surface area contributed by atoms with E-state index in [1.807, 2.05) is 18.2 Å². The summed E-state index contributed by atoms with van der Waals surface area (Å²) in [5.74, 6) is -0.220. The summed E-state index contributed by atoms with van der Waals surface area (Å²) in [6, 6.07) is 7.07. The number of halogens is 2. The van der Waals surface area contributed by atoms with Gasteiger partial charge in [-0.2, -0.15) is 8.78 Å². The second kappa shape index (κ2) is 8.15. The van der Waals surface area contributed by atoms with Gasteiger partial charge in [-0.15, -0.1) is 0 Å². The van der Waals surface area contributed by atoms with E-state index in [-0.39, 0.29) is 11.5 Å². The molecular formula is C17H18F2N2O3S. The first-order chi connectivity index (χ1) is 11.8. The molecule has 8 heteroatoms. The Labute approximate surface area is 147 Å². The largest absolute Gasteiger partial charge is 0.429 e. The summed E-state index contributed by atoms with van der Waals surface area (Å²) in [4.78, 5) is 24.4. The maximum Gasteiger partial charge on any atom is 0.387 e. The van der Waals surface area contributed by atoms with E-state index in [0.717, 1.165) is 16.1 Å². The number of aromatic amines is 1. The molecule has 1 aromatic carbocycles. The summed E-state index contributed by atoms with van der Waals surface area (Å²) in [7, 11) is 0. The van der Waals surface area contributed by atoms with Crippen molar-refractivity contribution < 1.29 is 18.3 Å². The summed E-state index contributed by atoms with van der Waals surface area (Å²) in [6.45, 7) is 2.08. The van der Waals surface area contributed by atoms with Crippen LogP contribution < -0.4 is 15.6 Å². The Hall–Kier alpha value is -2.35. The molecule has 1 atom stereocenters. The smallest absolute Gasteiger partial charge is 0.387 e. The Bertz CT molecular complexity index is 820. The number of Topliss-reactive ketones (excluding diaryl/α,β-unsaturated/α-hetero) is 1. The molecule has 134 valence electrons. The SMILES string of the molecule is CC(C)=O.CC1Nc2ccc(-c3c[nH]c(=O)c(OC(F)F)c3)cc2S1. The number of anilines is 1. The molecular weight excluding hydrogens is 350 g/mol. The van der Waals surface area contributed by atoms with Crippen LogP contribution in [0.1, 0.15) is 20.8 Å². The first-order valence-electron chi connectivity index (χ1n) is 7.48. The monoisotopic (exact) mass is 368 g/mol. The van der Waals surface area contributed by atoms with E-state index in [4.69, 9.17) is 0 Å². The minimum Gasteiger partial charge on any atom is -0.429 e. The highest BCUT2D eigenvalue weighted by Crippen LogP contribution is 2.40. The molecule has 0 radical (unpaired) electrons. The van der Waals surface area contributed by atoms with Crippen molar-refractivity contribution in [1.29, 1.82) is 0 Å². The highest BCUT2D eigenvalue weighted by atomic mass is 32.2. The molecule has 0 fully saturated rings. The normalized spacial score (nSPS) is 15.0. The number of carbonyl (C=O) groups is 1. The minimum atomic E-state index is -3.03. The molecule has 0 amide bonds. The molecule has 2 heterocycles. The van der Waals surface area contributed by atoms with E-state index in [1.165, 1.54) is 26.1 Å². The topological polar surface area (TPSA) is 71.2 Å². The third kappa shape index (κ3) is 5.32. The van der Waals surface area contributed by atoms with Gasteiger partial charge in [0.05, 0.1) is 5.37 Å². The van der Waals surface area contributed by atoms with E-state index in [2.05, 4.69) is 22.0 Å². The molecule has 2 aromatic rings. The summed E-state index contributed by atoms with van der Waals surface area (Å²) >= 11 is 1.68. The van der Waals surface area contributed by atoms with Crippen molar-refractivity contribution in [2.45, 2.75) is 37.7 Å². The second-order valence-corrected chi connectivity index (χ2v) is 6.87. The Balaban J connectivity index is 0.000000511. The van der Waals surface area contributed by atoms with E-state index in [9.17, 15) is 18.4 Å². The fourth-order valence-electron chi connectivity index (χ4n) is 2.17. The first-order valence-corrected chi connectivity index (χ1v) is 8.36. The number of nitrogens with one attached hydrogen (secondary N) is 2. The van der Waals surface area contributed by atoms with Crippen LogP contribution in [0.15, 0.2) is 40.2 Å². The van der Waals surface area contributed by atoms with Crippen molar-refractivity contribution >= 4 is 23.2 Å². The molecule has 0 bridgehead atoms. The Morgan fingerprint density at radius 1 is 1.24 bits per heavy atom. The Morgan fingerprint density at radius 2 is 1.92 bits per heavy atom. The lowest BCUT2D eigenvalue weighted by molar-refractivity contribution is -0.115. The van der Waals surface area contributed by atoms with Gasteiger partial charge >= 0.3 is 6.61 Å². The number of fused-ring (bicyclic) bond motifs is 1. The van der Waals surface area contributed by atoms with Gasteiger partial charge in [0.15, 0.2) is 5.75 Å². The van der Waals surface area contributed by atoms with Gasteiger partial charge in [0, 0.05) is 22.3 Å². The summed E-state index contributed by atoms with van der Waals surface area (Å²) < 4.78 is 28.8. The Kier molecular flexibility index (Phi) is 6.19. The quantitative estimate of drug-likeness (QED) is 0.853. The lowest BCUT2D eigenvalue weighted by Crippen LogP contribution is -2.14. The van der Waals surface area contributed by atoms with Crippen LogP contribution in [-0.4, -0.2) is 22.8 Å². The van der Waals surface area contributed by atoms with Crippen molar-refractivity contribution in [3.05, 3.63) is 40.8 Å². The number of rotatable bonds is 3. The van der Waals surface area contributed by atoms with Crippen LogP contribution in [0.4, 0.5) is 14.5 Å². The van der Waals surface area contributed by atoms with Crippen molar-refractivity contribution in [1.82, 2.24) is 4.98 Å². The fraction of sp³-hybridized carbons (Fsp3) is 0.294. The van der Waals surface area contributed by atoms with Gasteiger partial charge in [-0.25, -0.2) is 0 Å². The number of aromatic nitrogens is 1. The first kappa shape index (κ1) is 19.0. The molecule has 1 aliphatic heterocycles. The van der Waals surface area contributed by atoms with Crippen LogP contribution in [-0.2, 0) is 4.79 Å². The average molecular weight is 368 g/mol. The van der Waals surface area contributed by atoms with Crippen LogP contribution in [0.25, 0.3) is 11.1 Å². The summed E-state index contributed by atoms with van der Waals surface area (Å²) in [6.07, 6.45) is 1.48. The lowest BCUT2D eigenvalue weighted by atomic mass is 10.1. The number of carbonyl (C=O) groups excluding carboxylic acids is 1. The van der Waals surface area contributed by atoms with Crippen LogP contribution in [0.2, 0.25) is 0 Å². The molecule has 1 unspecified atom stereocenters. The predicted molar refractivity (Wildman–Crippen MR) is 94.4 cm³/mol. The molecule has 1 aromatic heterocycles. The van der Waals surface area contributed by atoms with Crippen molar-refractivity contribution in [3.63, 3.8) is 0 Å². The second-order valence-electron chi connectivity index (χ2n) is 5.48. The minimum absolute atomic E-state index is 0.167. The predicted octanol–water partition coefficient (Wildman–Crippen LogP) is 4.10. The van der Waals surface area contributed by atoms with E-state index in [1.54, 1.807) is 11.8 Å². The van der Waals surface area contributed by atoms with Crippen molar-refractivity contribution in [2.75, 3.05) is 5.32 Å². The van der Waals surface area contributed by atoms with E-state index in [0.29, 0.717) is 10.9 Å². The molecule has 0 spiro atoms. The van der Waals surface area contributed by atoms with Gasteiger partial charge in [-0.3, -0.25) is 4.79 Å². The lowest BCUT2D eigenvalue weighted by Gasteiger charge is -2.07. The number of ketones is 1. The number of H-pyrrole nitrogens is 1. The molecule has 0 saturated heterocycles. The van der Waals surface area contributed by atoms with Gasteiger partial charge in [0.25, 0.3) is 5.56 Å². The van der Waals surface area contributed by atoms with Crippen LogP contribution in [0, 0.1) is 0 Å². The highest BCUT2D eigenvalue weighted by Gasteiger charge is 2.18. The standard InChI is InChI=1S/C14H12F2N2O2S.C3H6O/c1-7-18-10-3-2-8(5-12(10)21-7)9-4-11(20-14(15)16)13(19)17-6-9;1-3(2)4/h2-7,14,18H,1H3,(H,17,19);1-2H3. The zero-order valence-electron chi connectivity index (χ0n) is 13.9. The van der Waals surface area contributed by atoms with E-state index < -0.39 is 12.2 Å². The number of benzene rings is 1. The third-order valence-corrected chi connectivity index (χ3v) is 4.13. The molecule has 3 rings (SSSR count). The van der Waals surface area contributed by atoms with Crippen LogP contribution >= 0.6 is 11.8 Å². The van der Waals surface area contributed by atoms with Crippen LogP contribution in [0.5, 0.6) is 5.75 Å². The van der Waals surface area contributed by atoms with Crippen molar-refractivity contribution in [2.24, 2.45) is 0 Å². The van der Waals surface area contributed by atoms with Gasteiger partial charge in [-0.05, 0) is 44.5 Å². The van der Waals surface area contributed by atoms with Gasteiger partial charge in [-0.1, -0.05) is 17.8 Å². The number of alkyl halides is 2. The number of pyridine rings is 1. The zero-order chi connectivity index (χ0) is 18.6. The zero-order valence-corrected chi connectivity index (χ0v) is 14.7. The maximum atomic E-state index is 12.3. The molecule has 5 nitrogen and oxygen atoms in total. The van der Waals surface area contributed by atoms with Crippen LogP contribution in [0.3, 0.4) is 0 Å². The summed E-state index contributed by atoms with van der Waals surface area (Å²) in [5.41, 5.74) is 1.82. The third-order valence-electron chi connectivity index (χ3n) is 3.06. The molecule has 2 N–H and O–H groups in total. The van der Waals surface area contributed by atoms with Gasteiger partial charge < -0.3 is 19.8 Å². The molecule has 0 aliphatic carbocycles.